The van der Waals surface area contributed by atoms with Gasteiger partial charge in [-0.2, -0.15) is 5.10 Å². The Kier molecular flexibility index (Phi) is 4.00. The Labute approximate surface area is 138 Å². The predicted molar refractivity (Wildman–Crippen MR) is 90.4 cm³/mol. The van der Waals surface area contributed by atoms with Crippen molar-refractivity contribution in [3.05, 3.63) is 57.8 Å². The SMILES string of the molecule is CC[C@@]1(c2ccccc2)NC(=O)N(/N=C\c2sccc2C)C1=O. The molecule has 1 aromatic carbocycles. The number of urea groups is 1. The third-order valence-corrected chi connectivity index (χ3v) is 5.01. The van der Waals surface area contributed by atoms with Gasteiger partial charge in [0.1, 0.15) is 5.54 Å². The van der Waals surface area contributed by atoms with Crippen LogP contribution in [0.25, 0.3) is 0 Å². The molecule has 1 aliphatic rings. The molecule has 0 aliphatic carbocycles. The van der Waals surface area contributed by atoms with Crippen LogP contribution >= 0.6 is 11.3 Å². The molecule has 23 heavy (non-hydrogen) atoms. The minimum absolute atomic E-state index is 0.346. The van der Waals surface area contributed by atoms with Gasteiger partial charge >= 0.3 is 6.03 Å². The normalized spacial score (nSPS) is 21.2. The van der Waals surface area contributed by atoms with Crippen LogP contribution in [0, 0.1) is 6.92 Å². The minimum Gasteiger partial charge on any atom is -0.318 e. The van der Waals surface area contributed by atoms with Crippen LogP contribution < -0.4 is 5.32 Å². The van der Waals surface area contributed by atoms with E-state index in [9.17, 15) is 9.59 Å². The summed E-state index contributed by atoms with van der Waals surface area (Å²) in [7, 11) is 0. The summed E-state index contributed by atoms with van der Waals surface area (Å²) in [6.45, 7) is 3.84. The summed E-state index contributed by atoms with van der Waals surface area (Å²) < 4.78 is 0. The fourth-order valence-electron chi connectivity index (χ4n) is 2.66. The summed E-state index contributed by atoms with van der Waals surface area (Å²) >= 11 is 1.52. The summed E-state index contributed by atoms with van der Waals surface area (Å²) in [4.78, 5) is 26.0. The maximum atomic E-state index is 12.8. The van der Waals surface area contributed by atoms with Crippen LogP contribution in [0.1, 0.15) is 29.3 Å². The van der Waals surface area contributed by atoms with Crippen molar-refractivity contribution < 1.29 is 9.59 Å². The number of imide groups is 1. The molecular weight excluding hydrogens is 310 g/mol. The van der Waals surface area contributed by atoms with E-state index < -0.39 is 11.6 Å². The van der Waals surface area contributed by atoms with Gasteiger partial charge in [-0.3, -0.25) is 4.79 Å². The smallest absolute Gasteiger partial charge is 0.318 e. The van der Waals surface area contributed by atoms with Gasteiger partial charge in [0.2, 0.25) is 0 Å². The molecule has 3 amide bonds. The van der Waals surface area contributed by atoms with E-state index in [4.69, 9.17) is 0 Å². The number of thiophene rings is 1. The van der Waals surface area contributed by atoms with Crippen molar-refractivity contribution in [3.8, 4) is 0 Å². The molecule has 0 radical (unpaired) electrons. The largest absolute Gasteiger partial charge is 0.346 e. The molecule has 0 unspecified atom stereocenters. The minimum atomic E-state index is -1.04. The number of carbonyl (C=O) groups is 2. The zero-order valence-electron chi connectivity index (χ0n) is 12.9. The van der Waals surface area contributed by atoms with Gasteiger partial charge in [-0.05, 0) is 35.9 Å². The molecule has 5 nitrogen and oxygen atoms in total. The molecule has 2 aromatic rings. The van der Waals surface area contributed by atoms with Gasteiger partial charge in [0.25, 0.3) is 5.91 Å². The highest BCUT2D eigenvalue weighted by molar-refractivity contribution is 7.11. The van der Waals surface area contributed by atoms with Gasteiger partial charge in [-0.1, -0.05) is 37.3 Å². The Bertz CT molecular complexity index is 769. The van der Waals surface area contributed by atoms with Crippen molar-refractivity contribution in [1.82, 2.24) is 10.3 Å². The van der Waals surface area contributed by atoms with Crippen molar-refractivity contribution in [2.75, 3.05) is 0 Å². The first-order valence-electron chi connectivity index (χ1n) is 7.39. The Morgan fingerprint density at radius 2 is 2.00 bits per heavy atom. The Morgan fingerprint density at radius 1 is 1.26 bits per heavy atom. The zero-order chi connectivity index (χ0) is 16.4. The highest BCUT2D eigenvalue weighted by Crippen LogP contribution is 2.32. The number of amides is 3. The maximum Gasteiger partial charge on any atom is 0.346 e. The van der Waals surface area contributed by atoms with E-state index in [0.29, 0.717) is 6.42 Å². The molecule has 1 aromatic heterocycles. The number of rotatable bonds is 4. The molecule has 0 saturated carbocycles. The van der Waals surface area contributed by atoms with Gasteiger partial charge in [0.05, 0.1) is 11.1 Å². The third-order valence-electron chi connectivity index (χ3n) is 4.06. The second-order valence-electron chi connectivity index (χ2n) is 5.38. The number of hydrogen-bond donors (Lipinski definition) is 1. The van der Waals surface area contributed by atoms with Crippen molar-refractivity contribution in [1.29, 1.82) is 0 Å². The molecule has 1 aliphatic heterocycles. The first-order valence-corrected chi connectivity index (χ1v) is 8.27. The third kappa shape index (κ3) is 2.55. The molecule has 2 heterocycles. The van der Waals surface area contributed by atoms with Gasteiger partial charge in [-0.15, -0.1) is 16.3 Å². The van der Waals surface area contributed by atoms with E-state index in [2.05, 4.69) is 10.4 Å². The molecule has 1 atom stereocenters. The number of nitrogens with one attached hydrogen (secondary N) is 1. The van der Waals surface area contributed by atoms with Gasteiger partial charge in [0, 0.05) is 0 Å². The van der Waals surface area contributed by atoms with Gasteiger partial charge in [0.15, 0.2) is 0 Å². The maximum absolute atomic E-state index is 12.8. The van der Waals surface area contributed by atoms with Crippen molar-refractivity contribution in [3.63, 3.8) is 0 Å². The first kappa shape index (κ1) is 15.4. The average Bonchev–Trinajstić information content (AvgIpc) is 3.08. The van der Waals surface area contributed by atoms with Crippen LogP contribution in [0.3, 0.4) is 0 Å². The molecule has 1 saturated heterocycles. The lowest BCUT2D eigenvalue weighted by molar-refractivity contribution is -0.131. The molecule has 1 N–H and O–H groups in total. The van der Waals surface area contributed by atoms with Crippen molar-refractivity contribution >= 4 is 29.5 Å². The van der Waals surface area contributed by atoms with E-state index in [1.807, 2.05) is 55.6 Å². The van der Waals surface area contributed by atoms with E-state index in [0.717, 1.165) is 21.0 Å². The van der Waals surface area contributed by atoms with Gasteiger partial charge in [-0.25, -0.2) is 4.79 Å². The number of carbonyl (C=O) groups excluding carboxylic acids is 2. The van der Waals surface area contributed by atoms with Crippen LogP contribution in [0.2, 0.25) is 0 Å². The highest BCUT2D eigenvalue weighted by atomic mass is 32.1. The summed E-state index contributed by atoms with van der Waals surface area (Å²) in [5, 5.41) is 9.79. The average molecular weight is 327 g/mol. The molecular formula is C17H17N3O2S. The Balaban J connectivity index is 1.93. The highest BCUT2D eigenvalue weighted by Gasteiger charge is 2.51. The standard InChI is InChI=1S/C17H17N3O2S/c1-3-17(13-7-5-4-6-8-13)15(21)20(16(22)19-17)18-11-14-12(2)9-10-23-14/h4-11H,3H2,1-2H3,(H,19,22)/b18-11-/t17-/m0/s1. The fourth-order valence-corrected chi connectivity index (χ4v) is 3.44. The monoisotopic (exact) mass is 327 g/mol. The topological polar surface area (TPSA) is 61.8 Å². The van der Waals surface area contributed by atoms with Crippen LogP contribution in [-0.4, -0.2) is 23.2 Å². The second-order valence-corrected chi connectivity index (χ2v) is 6.33. The van der Waals surface area contributed by atoms with Crippen molar-refractivity contribution in [2.24, 2.45) is 5.10 Å². The summed E-state index contributed by atoms with van der Waals surface area (Å²) in [6.07, 6.45) is 2.03. The summed E-state index contributed by atoms with van der Waals surface area (Å²) in [5.41, 5.74) is 0.793. The molecule has 6 heteroatoms. The van der Waals surface area contributed by atoms with E-state index >= 15 is 0 Å². The molecule has 0 spiro atoms. The van der Waals surface area contributed by atoms with Crippen LogP contribution in [0.5, 0.6) is 0 Å². The predicted octanol–water partition coefficient (Wildman–Crippen LogP) is 3.25. The molecule has 1 fully saturated rings. The lowest BCUT2D eigenvalue weighted by Crippen LogP contribution is -2.43. The number of aryl methyl sites for hydroxylation is 1. The van der Waals surface area contributed by atoms with E-state index in [1.165, 1.54) is 11.3 Å². The lowest BCUT2D eigenvalue weighted by atomic mass is 9.87. The number of benzene rings is 1. The first-order chi connectivity index (χ1) is 11.1. The quantitative estimate of drug-likeness (QED) is 0.692. The summed E-state index contributed by atoms with van der Waals surface area (Å²) in [6, 6.07) is 10.8. The molecule has 0 bridgehead atoms. The fraction of sp³-hybridized carbons (Fsp3) is 0.235. The summed E-state index contributed by atoms with van der Waals surface area (Å²) in [5.74, 6) is -0.346. The zero-order valence-corrected chi connectivity index (χ0v) is 13.8. The number of nitrogens with zero attached hydrogens (tertiary/aromatic N) is 2. The second kappa shape index (κ2) is 5.96. The Morgan fingerprint density at radius 3 is 2.61 bits per heavy atom. The van der Waals surface area contributed by atoms with Crippen molar-refractivity contribution in [2.45, 2.75) is 25.8 Å². The van der Waals surface area contributed by atoms with Crippen LogP contribution in [-0.2, 0) is 10.3 Å². The molecule has 118 valence electrons. The molecule has 3 rings (SSSR count). The number of hydrazone groups is 1. The Hall–Kier alpha value is -2.47. The van der Waals surface area contributed by atoms with Crippen LogP contribution in [0.15, 0.2) is 46.9 Å². The number of hydrogen-bond acceptors (Lipinski definition) is 4. The van der Waals surface area contributed by atoms with Crippen LogP contribution in [0.4, 0.5) is 4.79 Å². The van der Waals surface area contributed by atoms with E-state index in [-0.39, 0.29) is 5.91 Å². The van der Waals surface area contributed by atoms with E-state index in [1.54, 1.807) is 6.21 Å². The van der Waals surface area contributed by atoms with Gasteiger partial charge < -0.3 is 5.32 Å². The lowest BCUT2D eigenvalue weighted by Gasteiger charge is -2.24.